The zero-order chi connectivity index (χ0) is 20.3. The molecule has 0 aromatic heterocycles. The Labute approximate surface area is 169 Å². The molecular weight excluding hydrogens is 370 g/mol. The minimum absolute atomic E-state index is 0.0553. The van der Waals surface area contributed by atoms with Crippen molar-refractivity contribution in [1.82, 2.24) is 5.32 Å². The number of nitrogens with one attached hydrogen (secondary N) is 1. The average molecular weight is 395 g/mol. The molecule has 1 heterocycles. The lowest BCUT2D eigenvalue weighted by Gasteiger charge is -2.31. The van der Waals surface area contributed by atoms with Crippen molar-refractivity contribution in [2.45, 2.75) is 37.5 Å². The molecule has 0 saturated heterocycles. The Morgan fingerprint density at radius 2 is 1.72 bits per heavy atom. The summed E-state index contributed by atoms with van der Waals surface area (Å²) >= 11 is 0. The number of fused-ring (bicyclic) bond motifs is 1. The van der Waals surface area contributed by atoms with Gasteiger partial charge in [0.2, 0.25) is 5.91 Å². The first-order valence-electron chi connectivity index (χ1n) is 10.1. The molecule has 2 N–H and O–H groups in total. The van der Waals surface area contributed by atoms with Gasteiger partial charge in [0, 0.05) is 12.0 Å². The molecule has 0 radical (unpaired) electrons. The molecule has 1 fully saturated rings. The molecule has 1 amide bonds. The Morgan fingerprint density at radius 3 is 2.48 bits per heavy atom. The highest BCUT2D eigenvalue weighted by molar-refractivity contribution is 5.91. The van der Waals surface area contributed by atoms with E-state index in [0.717, 1.165) is 42.7 Å². The predicted molar refractivity (Wildman–Crippen MR) is 108 cm³/mol. The second-order valence-corrected chi connectivity index (χ2v) is 7.76. The van der Waals surface area contributed by atoms with Gasteiger partial charge in [-0.05, 0) is 42.2 Å². The van der Waals surface area contributed by atoms with Crippen LogP contribution in [0.3, 0.4) is 0 Å². The average Bonchev–Trinajstić information content (AvgIpc) is 3.22. The van der Waals surface area contributed by atoms with E-state index in [1.54, 1.807) is 18.2 Å². The first kappa shape index (κ1) is 19.3. The number of benzene rings is 2. The zero-order valence-electron chi connectivity index (χ0n) is 16.3. The Bertz CT molecular complexity index is 917. The predicted octanol–water partition coefficient (Wildman–Crippen LogP) is 3.33. The standard InChI is InChI=1S/C23H25NO5/c25-21(13-16-5-1-2-6-18(16)22(26)27)24-15-23(9-3-4-10-23)17-7-8-19-20(14-17)29-12-11-28-19/h1-2,5-8,14H,3-4,9-13,15H2,(H,24,25)(H,26,27). The normalized spacial score (nSPS) is 17.0. The molecule has 0 unspecified atom stereocenters. The molecule has 1 aliphatic heterocycles. The molecule has 29 heavy (non-hydrogen) atoms. The van der Waals surface area contributed by atoms with Crippen LogP contribution in [-0.4, -0.2) is 36.7 Å². The molecule has 152 valence electrons. The van der Waals surface area contributed by atoms with E-state index in [-0.39, 0.29) is 23.3 Å². The van der Waals surface area contributed by atoms with Crippen molar-refractivity contribution in [2.24, 2.45) is 0 Å². The van der Waals surface area contributed by atoms with E-state index in [1.165, 1.54) is 6.07 Å². The monoisotopic (exact) mass is 395 g/mol. The minimum Gasteiger partial charge on any atom is -0.486 e. The third-order valence-corrected chi connectivity index (χ3v) is 5.94. The number of carbonyl (C=O) groups excluding carboxylic acids is 1. The lowest BCUT2D eigenvalue weighted by molar-refractivity contribution is -0.120. The van der Waals surface area contributed by atoms with Gasteiger partial charge in [0.05, 0.1) is 12.0 Å². The quantitative estimate of drug-likeness (QED) is 0.784. The lowest BCUT2D eigenvalue weighted by atomic mass is 9.78. The van der Waals surface area contributed by atoms with E-state index in [9.17, 15) is 14.7 Å². The number of carboxylic acids is 1. The van der Waals surface area contributed by atoms with E-state index in [0.29, 0.717) is 25.3 Å². The number of carboxylic acid groups (broad SMARTS) is 1. The number of hydrogen-bond acceptors (Lipinski definition) is 4. The van der Waals surface area contributed by atoms with Gasteiger partial charge in [-0.2, -0.15) is 0 Å². The van der Waals surface area contributed by atoms with Gasteiger partial charge in [0.1, 0.15) is 13.2 Å². The van der Waals surface area contributed by atoms with Crippen LogP contribution in [0, 0.1) is 0 Å². The maximum Gasteiger partial charge on any atom is 0.335 e. The van der Waals surface area contributed by atoms with Gasteiger partial charge < -0.3 is 19.9 Å². The van der Waals surface area contributed by atoms with E-state index in [4.69, 9.17) is 9.47 Å². The van der Waals surface area contributed by atoms with Crippen molar-refractivity contribution in [2.75, 3.05) is 19.8 Å². The maximum absolute atomic E-state index is 12.6. The van der Waals surface area contributed by atoms with Crippen molar-refractivity contribution >= 4 is 11.9 Å². The van der Waals surface area contributed by atoms with Crippen molar-refractivity contribution in [3.8, 4) is 11.5 Å². The van der Waals surface area contributed by atoms with Crippen LogP contribution in [0.4, 0.5) is 0 Å². The van der Waals surface area contributed by atoms with Gasteiger partial charge in [0.25, 0.3) is 0 Å². The van der Waals surface area contributed by atoms with E-state index in [1.807, 2.05) is 12.1 Å². The fourth-order valence-electron chi connectivity index (χ4n) is 4.38. The van der Waals surface area contributed by atoms with Crippen LogP contribution in [0.5, 0.6) is 11.5 Å². The fourth-order valence-corrected chi connectivity index (χ4v) is 4.38. The number of hydrogen-bond donors (Lipinski definition) is 2. The molecule has 0 spiro atoms. The zero-order valence-corrected chi connectivity index (χ0v) is 16.3. The Morgan fingerprint density at radius 1 is 1.00 bits per heavy atom. The van der Waals surface area contributed by atoms with Crippen molar-refractivity contribution in [3.63, 3.8) is 0 Å². The third-order valence-electron chi connectivity index (χ3n) is 5.94. The number of amides is 1. The van der Waals surface area contributed by atoms with E-state index >= 15 is 0 Å². The molecule has 1 saturated carbocycles. The van der Waals surface area contributed by atoms with Crippen LogP contribution in [0.25, 0.3) is 0 Å². The third kappa shape index (κ3) is 4.06. The van der Waals surface area contributed by atoms with Crippen LogP contribution in [0.15, 0.2) is 42.5 Å². The Balaban J connectivity index is 1.48. The van der Waals surface area contributed by atoms with Gasteiger partial charge in [0.15, 0.2) is 11.5 Å². The van der Waals surface area contributed by atoms with Crippen LogP contribution < -0.4 is 14.8 Å². The summed E-state index contributed by atoms with van der Waals surface area (Å²) in [5, 5.41) is 12.4. The molecule has 6 nitrogen and oxygen atoms in total. The van der Waals surface area contributed by atoms with Gasteiger partial charge in [-0.25, -0.2) is 4.79 Å². The molecule has 0 atom stereocenters. The molecule has 4 rings (SSSR count). The van der Waals surface area contributed by atoms with Crippen LogP contribution in [0.1, 0.15) is 47.2 Å². The molecular formula is C23H25NO5. The summed E-state index contributed by atoms with van der Waals surface area (Å²) in [5.41, 5.74) is 1.73. The van der Waals surface area contributed by atoms with Gasteiger partial charge in [-0.15, -0.1) is 0 Å². The minimum atomic E-state index is -1.02. The SMILES string of the molecule is O=C(Cc1ccccc1C(=O)O)NCC1(c2ccc3c(c2)OCCO3)CCCC1. The van der Waals surface area contributed by atoms with E-state index in [2.05, 4.69) is 11.4 Å². The second kappa shape index (κ2) is 8.15. The first-order chi connectivity index (χ1) is 14.1. The summed E-state index contributed by atoms with van der Waals surface area (Å²) < 4.78 is 11.4. The summed E-state index contributed by atoms with van der Waals surface area (Å²) in [5.74, 6) is 0.351. The molecule has 2 aliphatic rings. The van der Waals surface area contributed by atoms with Crippen LogP contribution >= 0.6 is 0 Å². The van der Waals surface area contributed by atoms with Gasteiger partial charge in [-0.3, -0.25) is 4.79 Å². The summed E-state index contributed by atoms with van der Waals surface area (Å²) in [6, 6.07) is 12.7. The Kier molecular flexibility index (Phi) is 5.43. The van der Waals surface area contributed by atoms with Gasteiger partial charge in [-0.1, -0.05) is 37.1 Å². The lowest BCUT2D eigenvalue weighted by Crippen LogP contribution is -2.39. The highest BCUT2D eigenvalue weighted by Gasteiger charge is 2.36. The summed E-state index contributed by atoms with van der Waals surface area (Å²) in [7, 11) is 0. The van der Waals surface area contributed by atoms with Crippen molar-refractivity contribution < 1.29 is 24.2 Å². The molecule has 0 bridgehead atoms. The van der Waals surface area contributed by atoms with Gasteiger partial charge >= 0.3 is 5.97 Å². The highest BCUT2D eigenvalue weighted by atomic mass is 16.6. The van der Waals surface area contributed by atoms with E-state index < -0.39 is 5.97 Å². The number of aromatic carboxylic acids is 1. The largest absolute Gasteiger partial charge is 0.486 e. The van der Waals surface area contributed by atoms with Crippen molar-refractivity contribution in [3.05, 3.63) is 59.2 Å². The number of ether oxygens (including phenoxy) is 2. The molecule has 6 heteroatoms. The summed E-state index contributed by atoms with van der Waals surface area (Å²) in [6.45, 7) is 1.63. The maximum atomic E-state index is 12.6. The highest BCUT2D eigenvalue weighted by Crippen LogP contribution is 2.43. The van der Waals surface area contributed by atoms with Crippen LogP contribution in [-0.2, 0) is 16.6 Å². The fraction of sp³-hybridized carbons (Fsp3) is 0.391. The molecule has 2 aromatic rings. The van der Waals surface area contributed by atoms with Crippen LogP contribution in [0.2, 0.25) is 0 Å². The summed E-state index contributed by atoms with van der Waals surface area (Å²) in [6.07, 6.45) is 4.29. The second-order valence-electron chi connectivity index (χ2n) is 7.76. The number of carbonyl (C=O) groups is 2. The summed E-state index contributed by atoms with van der Waals surface area (Å²) in [4.78, 5) is 24.0. The first-order valence-corrected chi connectivity index (χ1v) is 10.1. The molecule has 1 aliphatic carbocycles. The number of rotatable bonds is 6. The Hall–Kier alpha value is -3.02. The smallest absolute Gasteiger partial charge is 0.335 e. The topological polar surface area (TPSA) is 84.9 Å². The van der Waals surface area contributed by atoms with Crippen molar-refractivity contribution in [1.29, 1.82) is 0 Å². The molecule has 2 aromatic carbocycles.